The van der Waals surface area contributed by atoms with E-state index < -0.39 is 0 Å². The van der Waals surface area contributed by atoms with Crippen LogP contribution in [0.2, 0.25) is 0 Å². The van der Waals surface area contributed by atoms with E-state index in [0.717, 1.165) is 15.8 Å². The van der Waals surface area contributed by atoms with Crippen LogP contribution in [0.3, 0.4) is 0 Å². The molecular formula is C23H20N2O2S. The molecule has 4 nitrogen and oxygen atoms in total. The first-order valence-electron chi connectivity index (χ1n) is 9.14. The van der Waals surface area contributed by atoms with Gasteiger partial charge in [-0.3, -0.25) is 9.59 Å². The molecule has 2 heterocycles. The van der Waals surface area contributed by atoms with E-state index in [1.54, 1.807) is 16.8 Å². The van der Waals surface area contributed by atoms with E-state index in [2.05, 4.69) is 5.32 Å². The number of carbonyl (C=O) groups is 1. The summed E-state index contributed by atoms with van der Waals surface area (Å²) in [5.74, 6) is -0.161. The third-order valence-electron chi connectivity index (χ3n) is 4.72. The molecule has 1 atom stereocenters. The van der Waals surface area contributed by atoms with Crippen LogP contribution < -0.4 is 10.9 Å². The highest BCUT2D eigenvalue weighted by Gasteiger charge is 2.16. The van der Waals surface area contributed by atoms with Crippen LogP contribution >= 0.6 is 11.3 Å². The first kappa shape index (κ1) is 18.2. The molecule has 2 aromatic carbocycles. The van der Waals surface area contributed by atoms with Gasteiger partial charge in [-0.2, -0.15) is 0 Å². The van der Waals surface area contributed by atoms with Gasteiger partial charge in [-0.1, -0.05) is 60.7 Å². The van der Waals surface area contributed by atoms with E-state index in [-0.39, 0.29) is 17.5 Å². The Morgan fingerprint density at radius 3 is 2.43 bits per heavy atom. The van der Waals surface area contributed by atoms with Crippen molar-refractivity contribution in [2.45, 2.75) is 19.5 Å². The fourth-order valence-corrected chi connectivity index (χ4v) is 4.14. The van der Waals surface area contributed by atoms with Crippen molar-refractivity contribution in [2.75, 3.05) is 0 Å². The topological polar surface area (TPSA) is 51.1 Å². The molecule has 0 spiro atoms. The van der Waals surface area contributed by atoms with Gasteiger partial charge in [0.15, 0.2) is 0 Å². The molecule has 140 valence electrons. The summed E-state index contributed by atoms with van der Waals surface area (Å²) in [5, 5.41) is 3.59. The average Bonchev–Trinajstić information content (AvgIpc) is 3.17. The second kappa shape index (κ2) is 7.82. The number of aromatic nitrogens is 1. The van der Waals surface area contributed by atoms with Gasteiger partial charge >= 0.3 is 0 Å². The van der Waals surface area contributed by atoms with Crippen molar-refractivity contribution in [3.8, 4) is 0 Å². The number of fused-ring (bicyclic) bond motifs is 1. The van der Waals surface area contributed by atoms with E-state index in [1.807, 2.05) is 73.7 Å². The smallest absolute Gasteiger partial charge is 0.261 e. The summed E-state index contributed by atoms with van der Waals surface area (Å²) in [6.45, 7) is 2.46. The molecule has 0 saturated carbocycles. The molecule has 4 rings (SSSR count). The first-order valence-corrected chi connectivity index (χ1v) is 9.96. The molecule has 0 radical (unpaired) electrons. The van der Waals surface area contributed by atoms with Crippen LogP contribution in [0.1, 0.15) is 33.8 Å². The number of rotatable bonds is 5. The molecule has 0 fully saturated rings. The SMILES string of the molecule is C[C@@H](NC(=O)c1cc2c(=O)n(Cc3ccccc3)ccc2s1)c1ccccc1. The lowest BCUT2D eigenvalue weighted by atomic mass is 10.1. The third-order valence-corrected chi connectivity index (χ3v) is 5.82. The Labute approximate surface area is 167 Å². The van der Waals surface area contributed by atoms with Crippen LogP contribution in [0.15, 0.2) is 83.8 Å². The predicted molar refractivity (Wildman–Crippen MR) is 114 cm³/mol. The second-order valence-corrected chi connectivity index (χ2v) is 7.81. The molecule has 28 heavy (non-hydrogen) atoms. The first-order chi connectivity index (χ1) is 13.6. The number of nitrogens with zero attached hydrogens (tertiary/aromatic N) is 1. The standard InChI is InChI=1S/C23H20N2O2S/c1-16(18-10-6-3-7-11-18)24-22(26)21-14-19-20(28-21)12-13-25(23(19)27)15-17-8-4-2-5-9-17/h2-14,16H,15H2,1H3,(H,24,26)/t16-/m1/s1. The van der Waals surface area contributed by atoms with Crippen LogP contribution in [0.5, 0.6) is 0 Å². The fourth-order valence-electron chi connectivity index (χ4n) is 3.19. The highest BCUT2D eigenvalue weighted by atomic mass is 32.1. The van der Waals surface area contributed by atoms with Crippen molar-refractivity contribution in [1.29, 1.82) is 0 Å². The number of hydrogen-bond acceptors (Lipinski definition) is 3. The molecule has 2 aromatic heterocycles. The normalized spacial score (nSPS) is 12.0. The summed E-state index contributed by atoms with van der Waals surface area (Å²) in [5.41, 5.74) is 2.03. The van der Waals surface area contributed by atoms with Gasteiger partial charge in [0, 0.05) is 10.9 Å². The summed E-state index contributed by atoms with van der Waals surface area (Å²) in [4.78, 5) is 26.1. The molecule has 0 saturated heterocycles. The maximum absolute atomic E-state index is 12.9. The summed E-state index contributed by atoms with van der Waals surface area (Å²) >= 11 is 1.35. The van der Waals surface area contributed by atoms with Gasteiger partial charge in [0.05, 0.1) is 22.8 Å². The van der Waals surface area contributed by atoms with Crippen LogP contribution in [-0.4, -0.2) is 10.5 Å². The molecule has 0 aliphatic carbocycles. The Morgan fingerprint density at radius 1 is 1.04 bits per heavy atom. The van der Waals surface area contributed by atoms with Crippen LogP contribution in [-0.2, 0) is 6.54 Å². The lowest BCUT2D eigenvalue weighted by Gasteiger charge is -2.13. The number of carbonyl (C=O) groups excluding carboxylic acids is 1. The number of pyridine rings is 1. The number of amides is 1. The monoisotopic (exact) mass is 388 g/mol. The van der Waals surface area contributed by atoms with E-state index in [9.17, 15) is 9.59 Å². The molecular weight excluding hydrogens is 368 g/mol. The maximum Gasteiger partial charge on any atom is 0.261 e. The zero-order valence-corrected chi connectivity index (χ0v) is 16.3. The lowest BCUT2D eigenvalue weighted by Crippen LogP contribution is -2.25. The summed E-state index contributed by atoms with van der Waals surface area (Å²) < 4.78 is 2.50. The Balaban J connectivity index is 1.58. The van der Waals surface area contributed by atoms with Gasteiger partial charge in [0.25, 0.3) is 11.5 Å². The van der Waals surface area contributed by atoms with Crippen molar-refractivity contribution in [3.63, 3.8) is 0 Å². The molecule has 1 amide bonds. The number of hydrogen-bond donors (Lipinski definition) is 1. The molecule has 1 N–H and O–H groups in total. The molecule has 0 unspecified atom stereocenters. The van der Waals surface area contributed by atoms with Crippen molar-refractivity contribution < 1.29 is 4.79 Å². The molecule has 5 heteroatoms. The minimum absolute atomic E-state index is 0.0761. The Bertz CT molecular complexity index is 1160. The molecule has 0 bridgehead atoms. The zero-order valence-electron chi connectivity index (χ0n) is 15.5. The molecule has 0 aliphatic rings. The van der Waals surface area contributed by atoms with Gasteiger partial charge < -0.3 is 9.88 Å². The minimum atomic E-state index is -0.161. The quantitative estimate of drug-likeness (QED) is 0.543. The van der Waals surface area contributed by atoms with Crippen LogP contribution in [0.4, 0.5) is 0 Å². The van der Waals surface area contributed by atoms with E-state index in [1.165, 1.54) is 11.3 Å². The maximum atomic E-state index is 12.9. The van der Waals surface area contributed by atoms with Crippen molar-refractivity contribution in [1.82, 2.24) is 9.88 Å². The molecule has 4 aromatic rings. The Kier molecular flexibility index (Phi) is 5.08. The highest BCUT2D eigenvalue weighted by molar-refractivity contribution is 7.20. The number of nitrogens with one attached hydrogen (secondary N) is 1. The van der Waals surface area contributed by atoms with E-state index in [0.29, 0.717) is 16.8 Å². The van der Waals surface area contributed by atoms with Gasteiger partial charge in [0.1, 0.15) is 0 Å². The molecule has 0 aliphatic heterocycles. The number of thiophene rings is 1. The highest BCUT2D eigenvalue weighted by Crippen LogP contribution is 2.24. The van der Waals surface area contributed by atoms with Crippen LogP contribution in [0, 0.1) is 0 Å². The minimum Gasteiger partial charge on any atom is -0.345 e. The Hall–Kier alpha value is -3.18. The van der Waals surface area contributed by atoms with Crippen molar-refractivity contribution >= 4 is 27.3 Å². The predicted octanol–water partition coefficient (Wildman–Crippen LogP) is 4.60. The average molecular weight is 388 g/mol. The fraction of sp³-hybridized carbons (Fsp3) is 0.130. The summed E-state index contributed by atoms with van der Waals surface area (Å²) in [6, 6.07) is 23.2. The van der Waals surface area contributed by atoms with E-state index >= 15 is 0 Å². The second-order valence-electron chi connectivity index (χ2n) is 6.73. The lowest BCUT2D eigenvalue weighted by molar-refractivity contribution is 0.0944. The van der Waals surface area contributed by atoms with Crippen molar-refractivity contribution in [3.05, 3.63) is 105 Å². The van der Waals surface area contributed by atoms with Gasteiger partial charge in [-0.15, -0.1) is 11.3 Å². The van der Waals surface area contributed by atoms with Gasteiger partial charge in [-0.05, 0) is 30.2 Å². The van der Waals surface area contributed by atoms with E-state index in [4.69, 9.17) is 0 Å². The summed E-state index contributed by atoms with van der Waals surface area (Å²) in [7, 11) is 0. The zero-order chi connectivity index (χ0) is 19.5. The van der Waals surface area contributed by atoms with Gasteiger partial charge in [0.2, 0.25) is 0 Å². The Morgan fingerprint density at radius 2 is 1.71 bits per heavy atom. The van der Waals surface area contributed by atoms with Gasteiger partial charge in [-0.25, -0.2) is 0 Å². The number of benzene rings is 2. The van der Waals surface area contributed by atoms with Crippen molar-refractivity contribution in [2.24, 2.45) is 0 Å². The largest absolute Gasteiger partial charge is 0.345 e. The van der Waals surface area contributed by atoms with Crippen LogP contribution in [0.25, 0.3) is 10.1 Å². The summed E-state index contributed by atoms with van der Waals surface area (Å²) in [6.07, 6.45) is 1.79. The third kappa shape index (κ3) is 3.75.